The topological polar surface area (TPSA) is 15.3 Å². The molecule has 2 aliphatic rings. The highest BCUT2D eigenvalue weighted by molar-refractivity contribution is 5.85. The molecule has 2 aliphatic heterocycles. The molecule has 0 unspecified atom stereocenters. The number of piperidine rings is 1. The maximum absolute atomic E-state index is 3.50. The minimum atomic E-state index is 0. The third-order valence-corrected chi connectivity index (χ3v) is 3.70. The fourth-order valence-corrected chi connectivity index (χ4v) is 2.57. The van der Waals surface area contributed by atoms with E-state index in [1.54, 1.807) is 0 Å². The first-order valence-electron chi connectivity index (χ1n) is 5.28. The van der Waals surface area contributed by atoms with Crippen LogP contribution in [0, 0.1) is 5.41 Å². The lowest BCUT2D eigenvalue weighted by Crippen LogP contribution is -2.40. The normalized spacial score (nSPS) is 25.5. The van der Waals surface area contributed by atoms with Gasteiger partial charge < -0.3 is 10.2 Å². The molecule has 0 aromatic heterocycles. The van der Waals surface area contributed by atoms with Crippen LogP contribution in [0.1, 0.15) is 26.2 Å². The Morgan fingerprint density at radius 1 is 1.14 bits per heavy atom. The summed E-state index contributed by atoms with van der Waals surface area (Å²) in [4.78, 5) is 2.57. The monoisotopic (exact) mass is 240 g/mol. The molecular weight excluding hydrogens is 219 g/mol. The van der Waals surface area contributed by atoms with E-state index in [9.17, 15) is 0 Å². The molecule has 2 nitrogen and oxygen atoms in total. The largest absolute Gasteiger partial charge is 0.316 e. The smallest absolute Gasteiger partial charge is 0.000924 e. The fourth-order valence-electron chi connectivity index (χ4n) is 2.57. The summed E-state index contributed by atoms with van der Waals surface area (Å²) in [5.41, 5.74) is 0.700. The standard InChI is InChI=1S/C10H20N2.2ClH/c1-2-12-7-4-10(5-8-12)3-6-11-9-10;;/h11H,2-9H2,1H3;2*1H. The van der Waals surface area contributed by atoms with E-state index in [2.05, 4.69) is 17.1 Å². The van der Waals surface area contributed by atoms with Crippen LogP contribution in [0.3, 0.4) is 0 Å². The van der Waals surface area contributed by atoms with Gasteiger partial charge in [0.05, 0.1) is 0 Å². The molecule has 1 N–H and O–H groups in total. The number of hydrogen-bond acceptors (Lipinski definition) is 2. The molecule has 14 heavy (non-hydrogen) atoms. The Hall–Kier alpha value is 0.500. The van der Waals surface area contributed by atoms with Crippen molar-refractivity contribution < 1.29 is 0 Å². The van der Waals surface area contributed by atoms with E-state index in [1.807, 2.05) is 0 Å². The van der Waals surface area contributed by atoms with E-state index in [1.165, 1.54) is 52.0 Å². The van der Waals surface area contributed by atoms with Crippen molar-refractivity contribution in [3.05, 3.63) is 0 Å². The van der Waals surface area contributed by atoms with Gasteiger partial charge >= 0.3 is 0 Å². The number of nitrogens with one attached hydrogen (secondary N) is 1. The molecule has 0 aliphatic carbocycles. The highest BCUT2D eigenvalue weighted by atomic mass is 35.5. The fraction of sp³-hybridized carbons (Fsp3) is 1.00. The third-order valence-electron chi connectivity index (χ3n) is 3.70. The van der Waals surface area contributed by atoms with Crippen LogP contribution in [0.15, 0.2) is 0 Å². The van der Waals surface area contributed by atoms with Crippen LogP contribution in [0.4, 0.5) is 0 Å². The predicted octanol–water partition coefficient (Wildman–Crippen LogP) is 1.93. The Bertz CT molecular complexity index is 148. The van der Waals surface area contributed by atoms with E-state index in [-0.39, 0.29) is 24.8 Å². The molecule has 0 amide bonds. The zero-order valence-electron chi connectivity index (χ0n) is 8.92. The Morgan fingerprint density at radius 3 is 2.21 bits per heavy atom. The zero-order chi connectivity index (χ0) is 8.44. The number of nitrogens with zero attached hydrogens (tertiary/aromatic N) is 1. The van der Waals surface area contributed by atoms with Crippen LogP contribution in [-0.4, -0.2) is 37.6 Å². The molecule has 2 heterocycles. The van der Waals surface area contributed by atoms with Crippen molar-refractivity contribution in [2.45, 2.75) is 26.2 Å². The molecule has 0 aromatic carbocycles. The van der Waals surface area contributed by atoms with Gasteiger partial charge in [0, 0.05) is 6.54 Å². The van der Waals surface area contributed by atoms with Gasteiger partial charge in [-0.25, -0.2) is 0 Å². The molecular formula is C10H22Cl2N2. The molecule has 86 valence electrons. The number of halogens is 2. The van der Waals surface area contributed by atoms with Crippen molar-refractivity contribution in [3.63, 3.8) is 0 Å². The summed E-state index contributed by atoms with van der Waals surface area (Å²) in [6.45, 7) is 8.71. The van der Waals surface area contributed by atoms with Gasteiger partial charge in [0.15, 0.2) is 0 Å². The Labute approximate surface area is 99.6 Å². The second kappa shape index (κ2) is 6.16. The van der Waals surface area contributed by atoms with Crippen LogP contribution >= 0.6 is 24.8 Å². The summed E-state index contributed by atoms with van der Waals surface area (Å²) in [5.74, 6) is 0. The van der Waals surface area contributed by atoms with Gasteiger partial charge in [-0.05, 0) is 50.9 Å². The van der Waals surface area contributed by atoms with Crippen LogP contribution in [-0.2, 0) is 0 Å². The van der Waals surface area contributed by atoms with E-state index >= 15 is 0 Å². The van der Waals surface area contributed by atoms with Crippen LogP contribution < -0.4 is 5.32 Å². The Kier molecular flexibility index (Phi) is 6.38. The third kappa shape index (κ3) is 2.99. The first-order chi connectivity index (χ1) is 5.85. The van der Waals surface area contributed by atoms with Gasteiger partial charge in [-0.15, -0.1) is 24.8 Å². The lowest BCUT2D eigenvalue weighted by atomic mass is 9.78. The van der Waals surface area contributed by atoms with Gasteiger partial charge in [-0.2, -0.15) is 0 Å². The van der Waals surface area contributed by atoms with E-state index in [4.69, 9.17) is 0 Å². The average Bonchev–Trinajstić information content (AvgIpc) is 2.55. The van der Waals surface area contributed by atoms with E-state index in [0.717, 1.165) is 0 Å². The lowest BCUT2D eigenvalue weighted by molar-refractivity contribution is 0.124. The molecule has 0 aromatic rings. The summed E-state index contributed by atoms with van der Waals surface area (Å²) in [5, 5.41) is 3.50. The van der Waals surface area contributed by atoms with Crippen LogP contribution in [0.2, 0.25) is 0 Å². The highest BCUT2D eigenvalue weighted by Crippen LogP contribution is 2.36. The first-order valence-corrected chi connectivity index (χ1v) is 5.28. The summed E-state index contributed by atoms with van der Waals surface area (Å²) < 4.78 is 0. The summed E-state index contributed by atoms with van der Waals surface area (Å²) in [6.07, 6.45) is 4.27. The molecule has 4 heteroatoms. The Balaban J connectivity index is 0.000000845. The Morgan fingerprint density at radius 2 is 1.79 bits per heavy atom. The number of rotatable bonds is 1. The zero-order valence-corrected chi connectivity index (χ0v) is 10.6. The van der Waals surface area contributed by atoms with Gasteiger partial charge in [0.25, 0.3) is 0 Å². The van der Waals surface area contributed by atoms with Crippen LogP contribution in [0.25, 0.3) is 0 Å². The highest BCUT2D eigenvalue weighted by Gasteiger charge is 2.36. The summed E-state index contributed by atoms with van der Waals surface area (Å²) >= 11 is 0. The van der Waals surface area contributed by atoms with Gasteiger partial charge in [0.2, 0.25) is 0 Å². The first kappa shape index (κ1) is 14.5. The van der Waals surface area contributed by atoms with Crippen molar-refractivity contribution in [2.24, 2.45) is 5.41 Å². The van der Waals surface area contributed by atoms with Gasteiger partial charge in [0.1, 0.15) is 0 Å². The lowest BCUT2D eigenvalue weighted by Gasteiger charge is -2.38. The minimum absolute atomic E-state index is 0. The molecule has 0 bridgehead atoms. The summed E-state index contributed by atoms with van der Waals surface area (Å²) in [7, 11) is 0. The molecule has 2 fully saturated rings. The van der Waals surface area contributed by atoms with Gasteiger partial charge in [-0.3, -0.25) is 0 Å². The number of likely N-dealkylation sites (tertiary alicyclic amines) is 1. The molecule has 0 radical (unpaired) electrons. The van der Waals surface area contributed by atoms with Crippen molar-refractivity contribution in [1.82, 2.24) is 10.2 Å². The molecule has 2 saturated heterocycles. The maximum atomic E-state index is 3.50. The van der Waals surface area contributed by atoms with Crippen molar-refractivity contribution >= 4 is 24.8 Å². The predicted molar refractivity (Wildman–Crippen MR) is 65.8 cm³/mol. The van der Waals surface area contributed by atoms with Crippen LogP contribution in [0.5, 0.6) is 0 Å². The average molecular weight is 241 g/mol. The van der Waals surface area contributed by atoms with Gasteiger partial charge in [-0.1, -0.05) is 6.92 Å². The maximum Gasteiger partial charge on any atom is 0.000924 e. The van der Waals surface area contributed by atoms with Crippen molar-refractivity contribution in [2.75, 3.05) is 32.7 Å². The van der Waals surface area contributed by atoms with E-state index in [0.29, 0.717) is 5.41 Å². The number of hydrogen-bond donors (Lipinski definition) is 1. The van der Waals surface area contributed by atoms with E-state index < -0.39 is 0 Å². The minimum Gasteiger partial charge on any atom is -0.316 e. The summed E-state index contributed by atoms with van der Waals surface area (Å²) in [6, 6.07) is 0. The molecule has 2 rings (SSSR count). The molecule has 0 atom stereocenters. The second-order valence-electron chi connectivity index (χ2n) is 4.36. The molecule has 0 saturated carbocycles. The molecule has 1 spiro atoms. The van der Waals surface area contributed by atoms with Crippen molar-refractivity contribution in [1.29, 1.82) is 0 Å². The quantitative estimate of drug-likeness (QED) is 0.754. The van der Waals surface area contributed by atoms with Crippen molar-refractivity contribution in [3.8, 4) is 0 Å². The SMILES string of the molecule is CCN1CCC2(CCNC2)CC1.Cl.Cl. The second-order valence-corrected chi connectivity index (χ2v) is 4.36.